The number of rotatable bonds is 6. The first-order chi connectivity index (χ1) is 15.6. The first-order valence-corrected chi connectivity index (χ1v) is 11.4. The molecule has 1 heterocycles. The largest absolute Gasteiger partial charge is 0.423 e. The van der Waals surface area contributed by atoms with Gasteiger partial charge in [-0.3, -0.25) is 4.99 Å². The molecule has 160 valence electrons. The molecule has 0 spiro atoms. The van der Waals surface area contributed by atoms with E-state index in [1.54, 1.807) is 31.0 Å². The summed E-state index contributed by atoms with van der Waals surface area (Å²) in [5, 5.41) is 1.41. The van der Waals surface area contributed by atoms with Gasteiger partial charge >= 0.3 is 5.63 Å². The Morgan fingerprint density at radius 2 is 1.88 bits per heavy atom. The summed E-state index contributed by atoms with van der Waals surface area (Å²) in [7, 11) is 1.69. The van der Waals surface area contributed by atoms with Crippen LogP contribution in [0, 0.1) is 0 Å². The van der Waals surface area contributed by atoms with E-state index < -0.39 is 5.63 Å². The second-order valence-corrected chi connectivity index (χ2v) is 8.55. The third-order valence-electron chi connectivity index (χ3n) is 5.01. The summed E-state index contributed by atoms with van der Waals surface area (Å²) in [6, 6.07) is 23.2. The normalized spacial score (nSPS) is 12.0. The molecule has 0 saturated heterocycles. The van der Waals surface area contributed by atoms with Crippen LogP contribution in [0.5, 0.6) is 0 Å². The van der Waals surface area contributed by atoms with Gasteiger partial charge in [-0.1, -0.05) is 48.0 Å². The zero-order valence-corrected chi connectivity index (χ0v) is 19.0. The quantitative estimate of drug-likeness (QED) is 0.208. The fourth-order valence-electron chi connectivity index (χ4n) is 3.54. The summed E-state index contributed by atoms with van der Waals surface area (Å²) in [4.78, 5) is 17.8. The number of allylic oxidation sites excluding steroid dienone is 1. The molecule has 32 heavy (non-hydrogen) atoms. The van der Waals surface area contributed by atoms with Crippen molar-refractivity contribution in [2.75, 3.05) is 7.05 Å². The molecular formula is C26H21ClN2O2S. The Hall–Kier alpha value is -3.28. The summed E-state index contributed by atoms with van der Waals surface area (Å²) >= 11 is 7.96. The smallest absolute Gasteiger partial charge is 0.336 e. The van der Waals surface area contributed by atoms with E-state index in [4.69, 9.17) is 21.8 Å². The fraction of sp³-hybridized carbons (Fsp3) is 0.0769. The SMILES string of the molecule is CN=C(C=CN)c1cc(Cl)ccc1-c1cc(=O)oc2cc(SCc3ccccc3)ccc12. The van der Waals surface area contributed by atoms with Gasteiger partial charge in [0.05, 0.1) is 5.71 Å². The summed E-state index contributed by atoms with van der Waals surface area (Å²) in [5.74, 6) is 0.833. The molecular weight excluding hydrogens is 440 g/mol. The lowest BCUT2D eigenvalue weighted by molar-refractivity contribution is 0.561. The first kappa shape index (κ1) is 21.9. The predicted molar refractivity (Wildman–Crippen MR) is 135 cm³/mol. The molecule has 2 N–H and O–H groups in total. The minimum absolute atomic E-state index is 0.414. The number of hydrogen-bond acceptors (Lipinski definition) is 5. The van der Waals surface area contributed by atoms with Crippen molar-refractivity contribution in [1.82, 2.24) is 0 Å². The lowest BCUT2D eigenvalue weighted by Gasteiger charge is -2.13. The van der Waals surface area contributed by atoms with E-state index in [9.17, 15) is 4.79 Å². The molecule has 0 aliphatic heterocycles. The van der Waals surface area contributed by atoms with Gasteiger partial charge in [0.2, 0.25) is 0 Å². The number of thioether (sulfide) groups is 1. The molecule has 0 atom stereocenters. The van der Waals surface area contributed by atoms with Crippen LogP contribution in [0.2, 0.25) is 5.02 Å². The van der Waals surface area contributed by atoms with Crippen LogP contribution in [-0.2, 0) is 5.75 Å². The fourth-order valence-corrected chi connectivity index (χ4v) is 4.59. The van der Waals surface area contributed by atoms with E-state index in [1.807, 2.05) is 48.5 Å². The van der Waals surface area contributed by atoms with Gasteiger partial charge in [-0.2, -0.15) is 0 Å². The van der Waals surface area contributed by atoms with Crippen LogP contribution in [0.25, 0.3) is 22.1 Å². The first-order valence-electron chi connectivity index (χ1n) is 9.99. The highest BCUT2D eigenvalue weighted by atomic mass is 35.5. The zero-order valence-electron chi connectivity index (χ0n) is 17.4. The Bertz CT molecular complexity index is 1380. The maximum Gasteiger partial charge on any atom is 0.336 e. The second kappa shape index (κ2) is 9.90. The van der Waals surface area contributed by atoms with Gasteiger partial charge in [0.15, 0.2) is 0 Å². The summed E-state index contributed by atoms with van der Waals surface area (Å²) in [6.07, 6.45) is 3.14. The van der Waals surface area contributed by atoms with E-state index in [0.717, 1.165) is 32.7 Å². The Morgan fingerprint density at radius 3 is 2.62 bits per heavy atom. The monoisotopic (exact) mass is 460 g/mol. The number of benzene rings is 3. The standard InChI is InChI=1S/C26H21ClN2O2S/c1-29-24(11-12-28)23-13-18(27)7-9-20(23)22-15-26(30)31-25-14-19(8-10-21(22)25)32-16-17-5-3-2-4-6-17/h2-15H,16,28H2,1H3. The van der Waals surface area contributed by atoms with Crippen LogP contribution in [-0.4, -0.2) is 12.8 Å². The molecule has 0 amide bonds. The van der Waals surface area contributed by atoms with Crippen molar-refractivity contribution in [1.29, 1.82) is 0 Å². The molecule has 1 aromatic heterocycles. The minimum Gasteiger partial charge on any atom is -0.423 e. The number of aliphatic imine (C=N–C) groups is 1. The van der Waals surface area contributed by atoms with Crippen LogP contribution < -0.4 is 11.4 Å². The number of hydrogen-bond donors (Lipinski definition) is 1. The van der Waals surface area contributed by atoms with Crippen LogP contribution >= 0.6 is 23.4 Å². The maximum atomic E-state index is 12.4. The molecule has 0 saturated carbocycles. The number of halogens is 1. The van der Waals surface area contributed by atoms with E-state index in [0.29, 0.717) is 16.3 Å². The van der Waals surface area contributed by atoms with Gasteiger partial charge in [0.25, 0.3) is 0 Å². The van der Waals surface area contributed by atoms with Crippen molar-refractivity contribution in [3.8, 4) is 11.1 Å². The molecule has 0 unspecified atom stereocenters. The Balaban J connectivity index is 1.80. The van der Waals surface area contributed by atoms with Crippen LogP contribution in [0.4, 0.5) is 0 Å². The lowest BCUT2D eigenvalue weighted by atomic mass is 9.94. The molecule has 0 radical (unpaired) electrons. The molecule has 0 bridgehead atoms. The van der Waals surface area contributed by atoms with Gasteiger partial charge < -0.3 is 10.2 Å². The molecule has 6 heteroatoms. The Kier molecular flexibility index (Phi) is 6.78. The summed E-state index contributed by atoms with van der Waals surface area (Å²) in [6.45, 7) is 0. The van der Waals surface area contributed by atoms with E-state index in [-0.39, 0.29) is 0 Å². The lowest BCUT2D eigenvalue weighted by Crippen LogP contribution is -2.04. The van der Waals surface area contributed by atoms with Crippen LogP contribution in [0.1, 0.15) is 11.1 Å². The van der Waals surface area contributed by atoms with Crippen molar-refractivity contribution in [3.05, 3.63) is 112 Å². The molecule has 0 aliphatic carbocycles. The van der Waals surface area contributed by atoms with Gasteiger partial charge in [-0.25, -0.2) is 4.79 Å². The van der Waals surface area contributed by atoms with E-state index in [2.05, 4.69) is 17.1 Å². The topological polar surface area (TPSA) is 68.6 Å². The minimum atomic E-state index is -0.414. The molecule has 4 nitrogen and oxygen atoms in total. The van der Waals surface area contributed by atoms with Crippen molar-refractivity contribution in [2.24, 2.45) is 10.7 Å². The van der Waals surface area contributed by atoms with Crippen LogP contribution in [0.3, 0.4) is 0 Å². The van der Waals surface area contributed by atoms with E-state index >= 15 is 0 Å². The zero-order chi connectivity index (χ0) is 22.5. The average Bonchev–Trinajstić information content (AvgIpc) is 2.81. The Morgan fingerprint density at radius 1 is 1.06 bits per heavy atom. The van der Waals surface area contributed by atoms with Crippen molar-refractivity contribution >= 4 is 40.0 Å². The molecule has 4 aromatic rings. The highest BCUT2D eigenvalue weighted by molar-refractivity contribution is 7.98. The average molecular weight is 461 g/mol. The van der Waals surface area contributed by atoms with E-state index in [1.165, 1.54) is 17.8 Å². The predicted octanol–water partition coefficient (Wildman–Crippen LogP) is 6.30. The summed E-state index contributed by atoms with van der Waals surface area (Å²) < 4.78 is 5.56. The summed E-state index contributed by atoms with van der Waals surface area (Å²) in [5.41, 5.74) is 10.0. The van der Waals surface area contributed by atoms with Gasteiger partial charge in [0, 0.05) is 45.3 Å². The maximum absolute atomic E-state index is 12.4. The Labute approximate surface area is 195 Å². The van der Waals surface area contributed by atoms with Gasteiger partial charge in [0.1, 0.15) is 5.58 Å². The highest BCUT2D eigenvalue weighted by Gasteiger charge is 2.15. The third-order valence-corrected chi connectivity index (χ3v) is 6.31. The van der Waals surface area contributed by atoms with Crippen molar-refractivity contribution in [2.45, 2.75) is 10.6 Å². The highest BCUT2D eigenvalue weighted by Crippen LogP contribution is 2.34. The van der Waals surface area contributed by atoms with Gasteiger partial charge in [-0.05, 0) is 53.7 Å². The second-order valence-electron chi connectivity index (χ2n) is 7.07. The van der Waals surface area contributed by atoms with Crippen LogP contribution in [0.15, 0.2) is 104 Å². The molecule has 4 rings (SSSR count). The number of nitrogens with zero attached hydrogens (tertiary/aromatic N) is 1. The molecule has 0 fully saturated rings. The van der Waals surface area contributed by atoms with Crippen molar-refractivity contribution in [3.63, 3.8) is 0 Å². The number of fused-ring (bicyclic) bond motifs is 1. The third kappa shape index (κ3) is 4.79. The molecule has 3 aromatic carbocycles. The van der Waals surface area contributed by atoms with Gasteiger partial charge in [-0.15, -0.1) is 11.8 Å². The number of nitrogens with two attached hydrogens (primary N) is 1. The van der Waals surface area contributed by atoms with Crippen molar-refractivity contribution < 1.29 is 4.42 Å². The molecule has 0 aliphatic rings.